The second-order valence-corrected chi connectivity index (χ2v) is 7.81. The van der Waals surface area contributed by atoms with Gasteiger partial charge in [-0.1, -0.05) is 80.1 Å². The zero-order chi connectivity index (χ0) is 22.9. The summed E-state index contributed by atoms with van der Waals surface area (Å²) in [6.45, 7) is 13.1. The second kappa shape index (κ2) is 16.9. The number of hydrogen-bond donors (Lipinski definition) is 0. The zero-order valence-electron chi connectivity index (χ0n) is 19.8. The minimum absolute atomic E-state index is 0.0231. The van der Waals surface area contributed by atoms with E-state index in [0.717, 1.165) is 44.6 Å². The lowest BCUT2D eigenvalue weighted by Crippen LogP contribution is -2.20. The van der Waals surface area contributed by atoms with Gasteiger partial charge in [0.05, 0.1) is 31.8 Å². The van der Waals surface area contributed by atoms with Crippen LogP contribution in [-0.4, -0.2) is 37.7 Å². The molecule has 0 N–H and O–H groups in total. The zero-order valence-corrected chi connectivity index (χ0v) is 19.8. The molecule has 0 radical (unpaired) electrons. The highest BCUT2D eigenvalue weighted by Gasteiger charge is 2.21. The van der Waals surface area contributed by atoms with Gasteiger partial charge in [0.2, 0.25) is 0 Å². The van der Waals surface area contributed by atoms with Gasteiger partial charge in [-0.25, -0.2) is 9.59 Å². The molecule has 0 saturated heterocycles. The third kappa shape index (κ3) is 12.0. The van der Waals surface area contributed by atoms with E-state index >= 15 is 0 Å². The fourth-order valence-corrected chi connectivity index (χ4v) is 2.84. The number of rotatable bonds is 16. The summed E-state index contributed by atoms with van der Waals surface area (Å²) in [4.78, 5) is 37.0. The van der Waals surface area contributed by atoms with Crippen LogP contribution in [0.1, 0.15) is 86.5 Å². The molecule has 30 heavy (non-hydrogen) atoms. The Balaban J connectivity index is 5.11. The van der Waals surface area contributed by atoms with Crippen molar-refractivity contribution in [2.75, 3.05) is 19.8 Å². The predicted octanol–water partition coefficient (Wildman–Crippen LogP) is 5.24. The average Bonchev–Trinajstić information content (AvgIpc) is 2.75. The maximum atomic E-state index is 12.5. The predicted molar refractivity (Wildman–Crippen MR) is 118 cm³/mol. The Bertz CT molecular complexity index is 528. The van der Waals surface area contributed by atoms with E-state index in [9.17, 15) is 14.4 Å². The van der Waals surface area contributed by atoms with Crippen molar-refractivity contribution in [2.45, 2.75) is 86.5 Å². The van der Waals surface area contributed by atoms with E-state index in [1.54, 1.807) is 0 Å². The summed E-state index contributed by atoms with van der Waals surface area (Å²) in [5.41, 5.74) is -0.0231. The summed E-state index contributed by atoms with van der Waals surface area (Å²) in [5.74, 6) is -1.03. The van der Waals surface area contributed by atoms with Gasteiger partial charge in [-0.05, 0) is 17.8 Å². The van der Waals surface area contributed by atoms with E-state index in [0.29, 0.717) is 6.61 Å². The van der Waals surface area contributed by atoms with Gasteiger partial charge in [0.15, 0.2) is 0 Å². The number of esters is 3. The van der Waals surface area contributed by atoms with E-state index in [1.807, 2.05) is 41.5 Å². The van der Waals surface area contributed by atoms with Gasteiger partial charge in [0.1, 0.15) is 0 Å². The Morgan fingerprint density at radius 3 is 1.47 bits per heavy atom. The molecule has 6 nitrogen and oxygen atoms in total. The maximum Gasteiger partial charge on any atom is 0.334 e. The molecule has 0 fully saturated rings. The van der Waals surface area contributed by atoms with Crippen molar-refractivity contribution in [3.8, 4) is 0 Å². The minimum Gasteiger partial charge on any atom is -0.465 e. The van der Waals surface area contributed by atoms with Gasteiger partial charge in [0, 0.05) is 6.08 Å². The topological polar surface area (TPSA) is 78.9 Å². The molecule has 0 bridgehead atoms. The molecular weight excluding hydrogens is 384 g/mol. The third-order valence-corrected chi connectivity index (χ3v) is 5.74. The smallest absolute Gasteiger partial charge is 0.334 e. The first-order chi connectivity index (χ1) is 14.3. The van der Waals surface area contributed by atoms with Crippen molar-refractivity contribution in [1.29, 1.82) is 0 Å². The van der Waals surface area contributed by atoms with E-state index in [4.69, 9.17) is 14.2 Å². The van der Waals surface area contributed by atoms with Crippen LogP contribution in [0, 0.1) is 17.8 Å². The van der Waals surface area contributed by atoms with Crippen LogP contribution in [0.2, 0.25) is 0 Å². The standard InChI is InChI=1S/C24H42O6/c1-7-18(8-2)15-28-22(25)13-21(24(27)30-17-20(11-5)12-6)14-23(26)29-16-19(9-3)10-4/h13,18-20H,7-12,14-17H2,1-6H3/b21-13+. The third-order valence-electron chi connectivity index (χ3n) is 5.74. The molecule has 0 aliphatic rings. The highest BCUT2D eigenvalue weighted by molar-refractivity contribution is 5.99. The molecule has 0 atom stereocenters. The van der Waals surface area contributed by atoms with Gasteiger partial charge < -0.3 is 14.2 Å². The SMILES string of the molecule is CCC(CC)COC(=O)/C=C(\CC(=O)OCC(CC)CC)C(=O)OCC(CC)CC. The molecule has 0 saturated carbocycles. The maximum absolute atomic E-state index is 12.5. The molecule has 0 aromatic carbocycles. The fourth-order valence-electron chi connectivity index (χ4n) is 2.84. The number of carbonyl (C=O) groups is 3. The summed E-state index contributed by atoms with van der Waals surface area (Å²) >= 11 is 0. The Morgan fingerprint density at radius 1 is 0.633 bits per heavy atom. The molecule has 0 aliphatic carbocycles. The number of ether oxygens (including phenoxy) is 3. The summed E-state index contributed by atoms with van der Waals surface area (Å²) < 4.78 is 15.9. The van der Waals surface area contributed by atoms with Crippen LogP contribution in [0.15, 0.2) is 11.6 Å². The molecule has 0 aromatic rings. The van der Waals surface area contributed by atoms with Crippen LogP contribution in [0.4, 0.5) is 0 Å². The molecule has 0 aliphatic heterocycles. The van der Waals surface area contributed by atoms with E-state index in [2.05, 4.69) is 0 Å². The molecule has 6 heteroatoms. The van der Waals surface area contributed by atoms with Crippen molar-refractivity contribution in [3.05, 3.63) is 11.6 Å². The van der Waals surface area contributed by atoms with E-state index in [-0.39, 0.29) is 43.0 Å². The van der Waals surface area contributed by atoms with Crippen LogP contribution in [-0.2, 0) is 28.6 Å². The Kier molecular flexibility index (Phi) is 15.9. The number of hydrogen-bond acceptors (Lipinski definition) is 6. The summed E-state index contributed by atoms with van der Waals surface area (Å²) in [5, 5.41) is 0. The fraction of sp³-hybridized carbons (Fsp3) is 0.792. The average molecular weight is 427 g/mol. The van der Waals surface area contributed by atoms with E-state index < -0.39 is 17.9 Å². The largest absolute Gasteiger partial charge is 0.465 e. The summed E-state index contributed by atoms with van der Waals surface area (Å²) in [6, 6.07) is 0. The first-order valence-electron chi connectivity index (χ1n) is 11.5. The molecule has 0 spiro atoms. The second-order valence-electron chi connectivity index (χ2n) is 7.81. The molecule has 0 aromatic heterocycles. The Morgan fingerprint density at radius 2 is 1.03 bits per heavy atom. The monoisotopic (exact) mass is 426 g/mol. The van der Waals surface area contributed by atoms with Gasteiger partial charge in [-0.15, -0.1) is 0 Å². The van der Waals surface area contributed by atoms with Crippen molar-refractivity contribution in [1.82, 2.24) is 0 Å². The van der Waals surface area contributed by atoms with Crippen molar-refractivity contribution >= 4 is 17.9 Å². The molecule has 0 unspecified atom stereocenters. The lowest BCUT2D eigenvalue weighted by molar-refractivity contribution is -0.148. The summed E-state index contributed by atoms with van der Waals surface area (Å²) in [6.07, 6.45) is 6.17. The van der Waals surface area contributed by atoms with Crippen LogP contribution in [0.3, 0.4) is 0 Å². The summed E-state index contributed by atoms with van der Waals surface area (Å²) in [7, 11) is 0. The highest BCUT2D eigenvalue weighted by atomic mass is 16.5. The Hall–Kier alpha value is -1.85. The highest BCUT2D eigenvalue weighted by Crippen LogP contribution is 2.14. The molecule has 0 heterocycles. The van der Waals surface area contributed by atoms with Gasteiger partial charge in [-0.2, -0.15) is 0 Å². The van der Waals surface area contributed by atoms with Crippen LogP contribution < -0.4 is 0 Å². The minimum atomic E-state index is -0.666. The quantitative estimate of drug-likeness (QED) is 0.191. The molecule has 0 rings (SSSR count). The van der Waals surface area contributed by atoms with Crippen LogP contribution in [0.25, 0.3) is 0 Å². The van der Waals surface area contributed by atoms with Gasteiger partial charge >= 0.3 is 17.9 Å². The van der Waals surface area contributed by atoms with Crippen LogP contribution >= 0.6 is 0 Å². The van der Waals surface area contributed by atoms with Gasteiger partial charge in [-0.3, -0.25) is 4.79 Å². The molecule has 174 valence electrons. The van der Waals surface area contributed by atoms with Gasteiger partial charge in [0.25, 0.3) is 0 Å². The normalized spacial score (nSPS) is 11.8. The van der Waals surface area contributed by atoms with Crippen molar-refractivity contribution in [2.24, 2.45) is 17.8 Å². The van der Waals surface area contributed by atoms with Crippen LogP contribution in [0.5, 0.6) is 0 Å². The number of carbonyl (C=O) groups excluding carboxylic acids is 3. The first-order valence-corrected chi connectivity index (χ1v) is 11.5. The van der Waals surface area contributed by atoms with Crippen molar-refractivity contribution in [3.63, 3.8) is 0 Å². The lowest BCUT2D eigenvalue weighted by atomic mass is 10.1. The van der Waals surface area contributed by atoms with E-state index in [1.165, 1.54) is 0 Å². The Labute approximate surface area is 182 Å². The lowest BCUT2D eigenvalue weighted by Gasteiger charge is -2.15. The molecule has 0 amide bonds. The molecular formula is C24H42O6. The first kappa shape index (κ1) is 28.1. The van der Waals surface area contributed by atoms with Crippen molar-refractivity contribution < 1.29 is 28.6 Å².